The van der Waals surface area contributed by atoms with Gasteiger partial charge in [0.1, 0.15) is 0 Å². The molecule has 0 saturated carbocycles. The van der Waals surface area contributed by atoms with Crippen LogP contribution in [0.15, 0.2) is 23.8 Å². The molecule has 0 fully saturated rings. The third kappa shape index (κ3) is 4.24. The van der Waals surface area contributed by atoms with Crippen LogP contribution in [0.25, 0.3) is 6.08 Å². The Bertz CT molecular complexity index is 463. The van der Waals surface area contributed by atoms with Gasteiger partial charge in [-0.2, -0.15) is 26.3 Å². The number of alkyl halides is 6. The van der Waals surface area contributed by atoms with Crippen LogP contribution in [0.2, 0.25) is 0 Å². The summed E-state index contributed by atoms with van der Waals surface area (Å²) in [4.78, 5) is 0. The second-order valence-electron chi connectivity index (χ2n) is 4.05. The average Bonchev–Trinajstić information content (AvgIpc) is 2.33. The molecular weight excluding hydrogens is 286 g/mol. The number of benzene rings is 1. The van der Waals surface area contributed by atoms with Crippen LogP contribution in [0, 0.1) is 0 Å². The number of hydrogen-bond acceptors (Lipinski definition) is 2. The van der Waals surface area contributed by atoms with Crippen LogP contribution in [0.3, 0.4) is 0 Å². The van der Waals surface area contributed by atoms with E-state index in [1.165, 1.54) is 0 Å². The zero-order valence-corrected chi connectivity index (χ0v) is 10.1. The van der Waals surface area contributed by atoms with Crippen LogP contribution in [0.4, 0.5) is 26.3 Å². The van der Waals surface area contributed by atoms with E-state index in [0.717, 1.165) is 6.08 Å². The first-order chi connectivity index (χ1) is 9.07. The fourth-order valence-electron chi connectivity index (χ4n) is 1.50. The molecule has 0 amide bonds. The summed E-state index contributed by atoms with van der Waals surface area (Å²) in [6.07, 6.45) is -8.60. The van der Waals surface area contributed by atoms with Gasteiger partial charge in [-0.1, -0.05) is 6.08 Å². The maximum Gasteiger partial charge on any atom is 0.416 e. The number of nitrogens with two attached hydrogens (primary N) is 2. The van der Waals surface area contributed by atoms with Gasteiger partial charge < -0.3 is 11.5 Å². The van der Waals surface area contributed by atoms with E-state index >= 15 is 0 Å². The minimum atomic E-state index is -4.87. The van der Waals surface area contributed by atoms with Crippen molar-refractivity contribution in [1.82, 2.24) is 0 Å². The summed E-state index contributed by atoms with van der Waals surface area (Å²) in [5.41, 5.74) is 7.94. The molecular formula is C12H12F6N2. The van der Waals surface area contributed by atoms with E-state index in [2.05, 4.69) is 0 Å². The molecule has 0 heterocycles. The molecule has 0 saturated heterocycles. The maximum absolute atomic E-state index is 12.6. The van der Waals surface area contributed by atoms with Crippen molar-refractivity contribution in [1.29, 1.82) is 0 Å². The normalized spacial score (nSPS) is 12.4. The molecule has 0 unspecified atom stereocenters. The topological polar surface area (TPSA) is 52.0 Å². The van der Waals surface area contributed by atoms with Gasteiger partial charge >= 0.3 is 12.4 Å². The lowest BCUT2D eigenvalue weighted by atomic mass is 10.0. The van der Waals surface area contributed by atoms with E-state index in [1.54, 1.807) is 0 Å². The molecule has 112 valence electrons. The van der Waals surface area contributed by atoms with Crippen molar-refractivity contribution in [2.75, 3.05) is 13.1 Å². The Morgan fingerprint density at radius 3 is 1.55 bits per heavy atom. The average molecular weight is 298 g/mol. The van der Waals surface area contributed by atoms with Crippen molar-refractivity contribution in [3.8, 4) is 0 Å². The molecule has 0 aliphatic heterocycles. The molecule has 0 spiro atoms. The van der Waals surface area contributed by atoms with Crippen molar-refractivity contribution in [2.24, 2.45) is 11.5 Å². The molecule has 2 nitrogen and oxygen atoms in total. The van der Waals surface area contributed by atoms with Gasteiger partial charge in [0.05, 0.1) is 11.1 Å². The van der Waals surface area contributed by atoms with Gasteiger partial charge in [-0.15, -0.1) is 0 Å². The number of hydrogen-bond donors (Lipinski definition) is 2. The zero-order valence-electron chi connectivity index (χ0n) is 10.1. The van der Waals surface area contributed by atoms with Crippen LogP contribution < -0.4 is 11.5 Å². The van der Waals surface area contributed by atoms with Gasteiger partial charge in [-0.25, -0.2) is 0 Å². The molecule has 1 aromatic carbocycles. The Labute approximate surface area is 111 Å². The lowest BCUT2D eigenvalue weighted by Gasteiger charge is -2.13. The minimum Gasteiger partial charge on any atom is -0.327 e. The van der Waals surface area contributed by atoms with Gasteiger partial charge in [0.25, 0.3) is 0 Å². The van der Waals surface area contributed by atoms with E-state index in [-0.39, 0.29) is 24.7 Å². The van der Waals surface area contributed by atoms with Gasteiger partial charge in [0.2, 0.25) is 0 Å². The third-order valence-electron chi connectivity index (χ3n) is 2.51. The summed E-state index contributed by atoms with van der Waals surface area (Å²) in [5, 5.41) is 0. The molecule has 0 atom stereocenters. The van der Waals surface area contributed by atoms with Crippen molar-refractivity contribution >= 4 is 6.08 Å². The van der Waals surface area contributed by atoms with Gasteiger partial charge in [0, 0.05) is 13.1 Å². The molecule has 0 bridgehead atoms. The van der Waals surface area contributed by atoms with E-state index in [9.17, 15) is 26.3 Å². The Balaban J connectivity index is 3.42. The summed E-state index contributed by atoms with van der Waals surface area (Å²) in [6.45, 7) is -0.0950. The van der Waals surface area contributed by atoms with Crippen molar-refractivity contribution in [3.05, 3.63) is 40.5 Å². The highest BCUT2D eigenvalue weighted by Crippen LogP contribution is 2.36. The second-order valence-corrected chi connectivity index (χ2v) is 4.05. The Morgan fingerprint density at radius 1 is 0.850 bits per heavy atom. The summed E-state index contributed by atoms with van der Waals surface area (Å²) in [6, 6.07) is 1.32. The maximum atomic E-state index is 12.6. The summed E-state index contributed by atoms with van der Waals surface area (Å²) >= 11 is 0. The fraction of sp³-hybridized carbons (Fsp3) is 0.333. The molecule has 0 radical (unpaired) electrons. The van der Waals surface area contributed by atoms with Crippen LogP contribution in [0.1, 0.15) is 16.7 Å². The SMILES string of the molecule is NCC(=Cc1cc(C(F)(F)F)cc(C(F)(F)F)c1)CN. The Hall–Kier alpha value is -1.54. The first-order valence-electron chi connectivity index (χ1n) is 5.47. The highest BCUT2D eigenvalue weighted by Gasteiger charge is 2.36. The largest absolute Gasteiger partial charge is 0.416 e. The van der Waals surface area contributed by atoms with Gasteiger partial charge in [-0.3, -0.25) is 0 Å². The predicted octanol–water partition coefficient (Wildman–Crippen LogP) is 3.03. The lowest BCUT2D eigenvalue weighted by molar-refractivity contribution is -0.143. The highest BCUT2D eigenvalue weighted by molar-refractivity contribution is 5.56. The van der Waals surface area contributed by atoms with Crippen molar-refractivity contribution < 1.29 is 26.3 Å². The fourth-order valence-corrected chi connectivity index (χ4v) is 1.50. The summed E-state index contributed by atoms with van der Waals surface area (Å²) in [5.74, 6) is 0. The van der Waals surface area contributed by atoms with E-state index in [1.807, 2.05) is 0 Å². The molecule has 0 aromatic heterocycles. The number of rotatable bonds is 3. The molecule has 0 aliphatic carbocycles. The van der Waals surface area contributed by atoms with Gasteiger partial charge in [-0.05, 0) is 29.3 Å². The van der Waals surface area contributed by atoms with Crippen LogP contribution in [-0.2, 0) is 12.4 Å². The molecule has 1 aromatic rings. The summed E-state index contributed by atoms with van der Waals surface area (Å²) < 4.78 is 75.6. The van der Waals surface area contributed by atoms with Gasteiger partial charge in [0.15, 0.2) is 0 Å². The molecule has 0 aliphatic rings. The quantitative estimate of drug-likeness (QED) is 0.843. The van der Waals surface area contributed by atoms with E-state index < -0.39 is 23.5 Å². The monoisotopic (exact) mass is 298 g/mol. The predicted molar refractivity (Wildman–Crippen MR) is 62.5 cm³/mol. The zero-order chi connectivity index (χ0) is 15.6. The summed E-state index contributed by atoms with van der Waals surface area (Å²) in [7, 11) is 0. The Morgan fingerprint density at radius 2 is 1.25 bits per heavy atom. The third-order valence-corrected chi connectivity index (χ3v) is 2.51. The molecule has 8 heteroatoms. The van der Waals surface area contributed by atoms with Crippen LogP contribution in [-0.4, -0.2) is 13.1 Å². The highest BCUT2D eigenvalue weighted by atomic mass is 19.4. The standard InChI is InChI=1S/C12H12F6N2/c13-11(14,15)9-2-7(1-8(5-19)6-20)3-10(4-9)12(16,17)18/h1-4H,5-6,19-20H2. The first kappa shape index (κ1) is 16.5. The molecule has 4 N–H and O–H groups in total. The lowest BCUT2D eigenvalue weighted by Crippen LogP contribution is -2.13. The smallest absolute Gasteiger partial charge is 0.327 e. The van der Waals surface area contributed by atoms with Crippen LogP contribution >= 0.6 is 0 Å². The Kier molecular flexibility index (Phi) is 4.82. The van der Waals surface area contributed by atoms with Crippen molar-refractivity contribution in [2.45, 2.75) is 12.4 Å². The van der Waals surface area contributed by atoms with E-state index in [0.29, 0.717) is 17.7 Å². The van der Waals surface area contributed by atoms with Crippen molar-refractivity contribution in [3.63, 3.8) is 0 Å². The second kappa shape index (κ2) is 5.84. The molecule has 20 heavy (non-hydrogen) atoms. The van der Waals surface area contributed by atoms with E-state index in [4.69, 9.17) is 11.5 Å². The van der Waals surface area contributed by atoms with Crippen LogP contribution in [0.5, 0.6) is 0 Å². The number of halogens is 6. The molecule has 1 rings (SSSR count). The minimum absolute atomic E-state index is 0.0475. The first-order valence-corrected chi connectivity index (χ1v) is 5.47.